The lowest BCUT2D eigenvalue weighted by Crippen LogP contribution is -2.26. The minimum absolute atomic E-state index is 0.0608. The molecule has 0 unspecified atom stereocenters. The van der Waals surface area contributed by atoms with E-state index in [1.165, 1.54) is 11.1 Å². The number of hydrogen-bond acceptors (Lipinski definition) is 4. The van der Waals surface area contributed by atoms with Crippen LogP contribution in [0.3, 0.4) is 0 Å². The minimum atomic E-state index is -0.871. The molecular weight excluding hydrogens is 354 g/mol. The van der Waals surface area contributed by atoms with E-state index in [0.29, 0.717) is 29.8 Å². The predicted octanol–water partition coefficient (Wildman–Crippen LogP) is 3.73. The number of amides is 1. The second-order valence-corrected chi connectivity index (χ2v) is 7.45. The van der Waals surface area contributed by atoms with E-state index < -0.39 is 12.1 Å². The molecule has 5 heteroatoms. The topological polar surface area (TPSA) is 63.7 Å². The maximum absolute atomic E-state index is 12.7. The number of Topliss-reactive ketones (excluding diaryl/α,β-unsaturated/α-hetero) is 1. The van der Waals surface area contributed by atoms with Gasteiger partial charge in [0.25, 0.3) is 0 Å². The average molecular weight is 377 g/mol. The van der Waals surface area contributed by atoms with Crippen molar-refractivity contribution in [2.24, 2.45) is 0 Å². The summed E-state index contributed by atoms with van der Waals surface area (Å²) < 4.78 is 5.42. The van der Waals surface area contributed by atoms with Crippen LogP contribution in [0.2, 0.25) is 0 Å². The Morgan fingerprint density at radius 1 is 0.964 bits per heavy atom. The van der Waals surface area contributed by atoms with Crippen molar-refractivity contribution in [1.29, 1.82) is 0 Å². The molecule has 1 aliphatic heterocycles. The lowest BCUT2D eigenvalue weighted by Gasteiger charge is -2.17. The fourth-order valence-corrected chi connectivity index (χ4v) is 3.96. The molecule has 0 radical (unpaired) electrons. The quantitative estimate of drug-likeness (QED) is 0.588. The van der Waals surface area contributed by atoms with Crippen molar-refractivity contribution >= 4 is 23.3 Å². The molecule has 144 valence electrons. The Labute approximate surface area is 164 Å². The van der Waals surface area contributed by atoms with Gasteiger partial charge in [-0.25, -0.2) is 4.79 Å². The third kappa shape index (κ3) is 3.57. The van der Waals surface area contributed by atoms with E-state index in [1.807, 2.05) is 18.2 Å². The highest BCUT2D eigenvalue weighted by molar-refractivity contribution is 6.02. The molecule has 5 nitrogen and oxygen atoms in total. The average Bonchev–Trinajstić information content (AvgIpc) is 3.35. The Morgan fingerprint density at radius 2 is 1.79 bits per heavy atom. The highest BCUT2D eigenvalue weighted by Crippen LogP contribution is 2.25. The molecule has 2 aromatic rings. The minimum Gasteiger partial charge on any atom is -0.451 e. The van der Waals surface area contributed by atoms with Crippen LogP contribution in [0.5, 0.6) is 0 Å². The fourth-order valence-electron chi connectivity index (χ4n) is 3.96. The van der Waals surface area contributed by atoms with Gasteiger partial charge in [0.1, 0.15) is 0 Å². The van der Waals surface area contributed by atoms with Gasteiger partial charge in [-0.15, -0.1) is 0 Å². The summed E-state index contributed by atoms with van der Waals surface area (Å²) in [6, 6.07) is 12.6. The number of hydrogen-bond donors (Lipinski definition) is 0. The summed E-state index contributed by atoms with van der Waals surface area (Å²) in [5.41, 5.74) is 4.12. The second kappa shape index (κ2) is 7.58. The molecule has 0 saturated carbocycles. The van der Waals surface area contributed by atoms with E-state index in [9.17, 15) is 14.4 Å². The van der Waals surface area contributed by atoms with Gasteiger partial charge in [-0.05, 0) is 68.0 Å². The van der Waals surface area contributed by atoms with Gasteiger partial charge in [0, 0.05) is 24.2 Å². The van der Waals surface area contributed by atoms with Crippen molar-refractivity contribution in [1.82, 2.24) is 0 Å². The maximum atomic E-state index is 12.7. The van der Waals surface area contributed by atoms with E-state index in [0.717, 1.165) is 25.7 Å². The molecule has 4 rings (SSSR count). The fraction of sp³-hybridized carbons (Fsp3) is 0.348. The first-order valence-corrected chi connectivity index (χ1v) is 9.80. The lowest BCUT2D eigenvalue weighted by atomic mass is 10.0. The first kappa shape index (κ1) is 18.4. The first-order valence-electron chi connectivity index (χ1n) is 9.80. The zero-order chi connectivity index (χ0) is 19.7. The van der Waals surface area contributed by atoms with E-state index in [-0.39, 0.29) is 11.7 Å². The van der Waals surface area contributed by atoms with E-state index in [1.54, 1.807) is 36.1 Å². The van der Waals surface area contributed by atoms with E-state index >= 15 is 0 Å². The molecule has 0 spiro atoms. The SMILES string of the molecule is C[C@@H](OC(=O)c1cccc(N2CCCC2=O)c1)C(=O)c1ccc2c(c1)CCC2. The molecular formula is C23H23NO4. The van der Waals surface area contributed by atoms with Gasteiger partial charge in [-0.1, -0.05) is 18.2 Å². The monoisotopic (exact) mass is 377 g/mol. The zero-order valence-electron chi connectivity index (χ0n) is 15.9. The Hall–Kier alpha value is -2.95. The summed E-state index contributed by atoms with van der Waals surface area (Å²) >= 11 is 0. The molecule has 1 atom stereocenters. The zero-order valence-corrected chi connectivity index (χ0v) is 15.9. The summed E-state index contributed by atoms with van der Waals surface area (Å²) in [6.07, 6.45) is 3.65. The number of esters is 1. The third-order valence-electron chi connectivity index (χ3n) is 5.50. The molecule has 1 saturated heterocycles. The number of carbonyl (C=O) groups excluding carboxylic acids is 3. The molecule has 1 amide bonds. The van der Waals surface area contributed by atoms with Crippen LogP contribution >= 0.6 is 0 Å². The van der Waals surface area contributed by atoms with Crippen LogP contribution in [-0.4, -0.2) is 30.3 Å². The molecule has 1 heterocycles. The lowest BCUT2D eigenvalue weighted by molar-refractivity contribution is -0.117. The number of nitrogens with zero attached hydrogens (tertiary/aromatic N) is 1. The van der Waals surface area contributed by atoms with Crippen molar-refractivity contribution < 1.29 is 19.1 Å². The number of ether oxygens (including phenoxy) is 1. The highest BCUT2D eigenvalue weighted by atomic mass is 16.5. The van der Waals surface area contributed by atoms with Crippen molar-refractivity contribution in [3.05, 3.63) is 64.7 Å². The first-order chi connectivity index (χ1) is 13.5. The largest absolute Gasteiger partial charge is 0.451 e. The number of rotatable bonds is 5. The summed E-state index contributed by atoms with van der Waals surface area (Å²) in [7, 11) is 0. The van der Waals surface area contributed by atoms with Crippen LogP contribution in [-0.2, 0) is 22.4 Å². The maximum Gasteiger partial charge on any atom is 0.338 e. The summed E-state index contributed by atoms with van der Waals surface area (Å²) in [5.74, 6) is -0.699. The van der Waals surface area contributed by atoms with E-state index in [4.69, 9.17) is 4.74 Å². The number of fused-ring (bicyclic) bond motifs is 1. The van der Waals surface area contributed by atoms with Crippen molar-refractivity contribution in [2.75, 3.05) is 11.4 Å². The van der Waals surface area contributed by atoms with Crippen LogP contribution in [0.15, 0.2) is 42.5 Å². The molecule has 1 fully saturated rings. The van der Waals surface area contributed by atoms with Crippen LogP contribution in [0, 0.1) is 0 Å². The number of benzene rings is 2. The van der Waals surface area contributed by atoms with Crippen LogP contribution in [0.25, 0.3) is 0 Å². The molecule has 2 aromatic carbocycles. The highest BCUT2D eigenvalue weighted by Gasteiger charge is 2.25. The Morgan fingerprint density at radius 3 is 2.57 bits per heavy atom. The summed E-state index contributed by atoms with van der Waals surface area (Å²) in [4.78, 5) is 38.9. The van der Waals surface area contributed by atoms with Crippen LogP contribution < -0.4 is 4.90 Å². The summed E-state index contributed by atoms with van der Waals surface area (Å²) in [5, 5.41) is 0. The van der Waals surface area contributed by atoms with Gasteiger partial charge < -0.3 is 9.64 Å². The van der Waals surface area contributed by atoms with Crippen molar-refractivity contribution in [2.45, 2.75) is 45.1 Å². The molecule has 28 heavy (non-hydrogen) atoms. The summed E-state index contributed by atoms with van der Waals surface area (Å²) in [6.45, 7) is 2.26. The van der Waals surface area contributed by atoms with Gasteiger partial charge in [0.05, 0.1) is 5.56 Å². The molecule has 0 aromatic heterocycles. The Kier molecular flexibility index (Phi) is 4.99. The third-order valence-corrected chi connectivity index (χ3v) is 5.50. The van der Waals surface area contributed by atoms with Gasteiger partial charge in [0.2, 0.25) is 11.7 Å². The molecule has 0 bridgehead atoms. The molecule has 2 aliphatic rings. The number of aryl methyl sites for hydroxylation is 2. The van der Waals surface area contributed by atoms with Crippen LogP contribution in [0.4, 0.5) is 5.69 Å². The molecule has 0 N–H and O–H groups in total. The standard InChI is InChI=1S/C23H23NO4/c1-15(22(26)18-11-10-16-5-2-6-17(16)13-18)28-23(27)19-7-3-8-20(14-19)24-12-4-9-21(24)25/h3,7-8,10-11,13-15H,2,4-6,9,12H2,1H3/t15-/m1/s1. The Balaban J connectivity index is 1.46. The van der Waals surface area contributed by atoms with Gasteiger partial charge in [-0.2, -0.15) is 0 Å². The predicted molar refractivity (Wildman–Crippen MR) is 106 cm³/mol. The number of carbonyl (C=O) groups is 3. The number of anilines is 1. The number of ketones is 1. The van der Waals surface area contributed by atoms with Crippen molar-refractivity contribution in [3.63, 3.8) is 0 Å². The van der Waals surface area contributed by atoms with Gasteiger partial charge in [-0.3, -0.25) is 9.59 Å². The Bertz CT molecular complexity index is 949. The second-order valence-electron chi connectivity index (χ2n) is 7.45. The van der Waals surface area contributed by atoms with Gasteiger partial charge in [0.15, 0.2) is 6.10 Å². The van der Waals surface area contributed by atoms with Crippen molar-refractivity contribution in [3.8, 4) is 0 Å². The molecule has 1 aliphatic carbocycles. The van der Waals surface area contributed by atoms with Crippen LogP contribution in [0.1, 0.15) is 58.0 Å². The normalized spacial score (nSPS) is 16.8. The smallest absolute Gasteiger partial charge is 0.338 e. The van der Waals surface area contributed by atoms with Gasteiger partial charge >= 0.3 is 5.97 Å². The van der Waals surface area contributed by atoms with E-state index in [2.05, 4.69) is 0 Å².